The van der Waals surface area contributed by atoms with Gasteiger partial charge >= 0.3 is 0 Å². The summed E-state index contributed by atoms with van der Waals surface area (Å²) in [5, 5.41) is 5.02. The predicted molar refractivity (Wildman–Crippen MR) is 211 cm³/mol. The molecule has 2 aromatic heterocycles. The normalized spacial score (nSPS) is 11.4. The number of benzene rings is 7. The summed E-state index contributed by atoms with van der Waals surface area (Å²) in [5.74, 6) is 0. The molecule has 0 unspecified atom stereocenters. The Morgan fingerprint density at radius 1 is 0.340 bits per heavy atom. The molecule has 2 heteroatoms. The average Bonchev–Trinajstić information content (AvgIpc) is 3.83. The molecule has 0 saturated carbocycles. The minimum absolute atomic E-state index is 1.15. The summed E-state index contributed by atoms with van der Waals surface area (Å²) < 4.78 is 4.85. The summed E-state index contributed by atoms with van der Waals surface area (Å²) in [6.07, 6.45) is 0. The minimum atomic E-state index is 1.15. The Morgan fingerprint density at radius 3 is 1.22 bits per heavy atom. The van der Waals surface area contributed by atoms with Crippen LogP contribution in [0.2, 0.25) is 0 Å². The number of hydrogen-bond donors (Lipinski definition) is 0. The van der Waals surface area contributed by atoms with Gasteiger partial charge in [0.2, 0.25) is 0 Å². The highest BCUT2D eigenvalue weighted by atomic mass is 15.0. The van der Waals surface area contributed by atoms with Crippen LogP contribution in [0.1, 0.15) is 11.1 Å². The smallest absolute Gasteiger partial charge is 0.0535 e. The minimum Gasteiger partial charge on any atom is -0.309 e. The van der Waals surface area contributed by atoms with Crippen LogP contribution in [0.5, 0.6) is 0 Å². The van der Waals surface area contributed by atoms with Crippen molar-refractivity contribution in [2.45, 2.75) is 13.8 Å². The lowest BCUT2D eigenvalue weighted by Gasteiger charge is -2.20. The molecule has 0 aliphatic heterocycles. The number of rotatable bonds is 6. The standard InChI is InChI=1S/C48H36N2/c1-33-29-48(50-46(37-19-11-5-12-20-37)27-28-47(50)38-21-13-6-14-22-38)34(2)43-31-39-23-24-41(30-40(39)32-42(33)43)49-44(35-15-7-3-8-16-35)25-26-45(49)36-17-9-4-10-18-36/h3-32H,1-2H3. The summed E-state index contributed by atoms with van der Waals surface area (Å²) in [6.45, 7) is 4.53. The summed E-state index contributed by atoms with van der Waals surface area (Å²) >= 11 is 0. The molecule has 2 heterocycles. The zero-order valence-electron chi connectivity index (χ0n) is 28.2. The van der Waals surface area contributed by atoms with Gasteiger partial charge in [0.05, 0.1) is 22.8 Å². The van der Waals surface area contributed by atoms with E-state index in [1.54, 1.807) is 0 Å². The van der Waals surface area contributed by atoms with Crippen molar-refractivity contribution in [2.24, 2.45) is 0 Å². The maximum absolute atomic E-state index is 2.45. The van der Waals surface area contributed by atoms with Gasteiger partial charge in [-0.15, -0.1) is 0 Å². The lowest BCUT2D eigenvalue weighted by atomic mass is 9.95. The largest absolute Gasteiger partial charge is 0.309 e. The second-order valence-electron chi connectivity index (χ2n) is 13.1. The third kappa shape index (κ3) is 5.05. The number of nitrogens with zero attached hydrogens (tertiary/aromatic N) is 2. The van der Waals surface area contributed by atoms with E-state index in [1.165, 1.54) is 83.4 Å². The first-order valence-corrected chi connectivity index (χ1v) is 17.3. The Labute approximate surface area is 293 Å². The molecule has 0 spiro atoms. The quantitative estimate of drug-likeness (QED) is 0.160. The topological polar surface area (TPSA) is 9.86 Å². The van der Waals surface area contributed by atoms with Gasteiger partial charge < -0.3 is 9.13 Å². The second kappa shape index (κ2) is 12.3. The highest BCUT2D eigenvalue weighted by molar-refractivity contribution is 6.03. The van der Waals surface area contributed by atoms with Crippen LogP contribution in [0.3, 0.4) is 0 Å². The SMILES string of the molecule is Cc1cc(-n2c(-c3ccccc3)ccc2-c2ccccc2)c(C)c2cc3ccc(-n4c(-c5ccccc5)ccc4-c4ccccc4)cc3cc12. The van der Waals surface area contributed by atoms with E-state index in [4.69, 9.17) is 0 Å². The first kappa shape index (κ1) is 29.7. The van der Waals surface area contributed by atoms with Crippen molar-refractivity contribution in [3.8, 4) is 56.4 Å². The molecule has 0 aliphatic rings. The fourth-order valence-corrected chi connectivity index (χ4v) is 7.57. The van der Waals surface area contributed by atoms with Crippen molar-refractivity contribution in [3.63, 3.8) is 0 Å². The lowest BCUT2D eigenvalue weighted by Crippen LogP contribution is -2.03. The first-order valence-electron chi connectivity index (χ1n) is 17.3. The molecule has 0 fully saturated rings. The Bertz CT molecular complexity index is 2510. The molecule has 0 N–H and O–H groups in total. The van der Waals surface area contributed by atoms with Crippen LogP contribution in [0.4, 0.5) is 0 Å². The molecule has 9 aromatic rings. The Morgan fingerprint density at radius 2 is 0.760 bits per heavy atom. The van der Waals surface area contributed by atoms with E-state index in [0.717, 1.165) is 5.69 Å². The molecular formula is C48H36N2. The Kier molecular flexibility index (Phi) is 7.29. The van der Waals surface area contributed by atoms with Crippen LogP contribution in [-0.2, 0) is 0 Å². The van der Waals surface area contributed by atoms with E-state index in [0.29, 0.717) is 0 Å². The number of aromatic nitrogens is 2. The molecule has 0 bridgehead atoms. The lowest BCUT2D eigenvalue weighted by molar-refractivity contribution is 1.08. The van der Waals surface area contributed by atoms with E-state index in [-0.39, 0.29) is 0 Å². The monoisotopic (exact) mass is 640 g/mol. The van der Waals surface area contributed by atoms with Crippen LogP contribution in [-0.4, -0.2) is 9.13 Å². The molecule has 2 nitrogen and oxygen atoms in total. The van der Waals surface area contributed by atoms with E-state index >= 15 is 0 Å². The molecule has 0 amide bonds. The van der Waals surface area contributed by atoms with Gasteiger partial charge in [-0.1, -0.05) is 127 Å². The molecule has 0 atom stereocenters. The van der Waals surface area contributed by atoms with Crippen molar-refractivity contribution >= 4 is 21.5 Å². The molecule has 0 radical (unpaired) electrons. The third-order valence-corrected chi connectivity index (χ3v) is 10.1. The summed E-state index contributed by atoms with van der Waals surface area (Å²) in [4.78, 5) is 0. The van der Waals surface area contributed by atoms with Crippen molar-refractivity contribution in [2.75, 3.05) is 0 Å². The van der Waals surface area contributed by atoms with Crippen LogP contribution >= 0.6 is 0 Å². The van der Waals surface area contributed by atoms with Crippen LogP contribution < -0.4 is 0 Å². The van der Waals surface area contributed by atoms with Gasteiger partial charge in [-0.3, -0.25) is 0 Å². The molecule has 50 heavy (non-hydrogen) atoms. The fourth-order valence-electron chi connectivity index (χ4n) is 7.57. The van der Waals surface area contributed by atoms with Gasteiger partial charge in [-0.25, -0.2) is 0 Å². The number of fused-ring (bicyclic) bond motifs is 2. The van der Waals surface area contributed by atoms with Gasteiger partial charge in [-0.2, -0.15) is 0 Å². The van der Waals surface area contributed by atoms with E-state index < -0.39 is 0 Å². The molecule has 238 valence electrons. The van der Waals surface area contributed by atoms with Crippen molar-refractivity contribution in [1.82, 2.24) is 9.13 Å². The van der Waals surface area contributed by atoms with E-state index in [1.807, 2.05) is 0 Å². The zero-order valence-corrected chi connectivity index (χ0v) is 28.2. The van der Waals surface area contributed by atoms with Gasteiger partial charge in [0.1, 0.15) is 0 Å². The molecule has 0 saturated heterocycles. The van der Waals surface area contributed by atoms with Gasteiger partial charge in [-0.05, 0) is 123 Å². The highest BCUT2D eigenvalue weighted by Gasteiger charge is 2.19. The van der Waals surface area contributed by atoms with Crippen molar-refractivity contribution < 1.29 is 0 Å². The summed E-state index contributed by atoms with van der Waals surface area (Å²) in [7, 11) is 0. The predicted octanol–water partition coefficient (Wildman–Crippen LogP) is 12.9. The van der Waals surface area contributed by atoms with Gasteiger partial charge in [0.15, 0.2) is 0 Å². The summed E-state index contributed by atoms with van der Waals surface area (Å²) in [6, 6.07) is 65.9. The fraction of sp³-hybridized carbons (Fsp3) is 0.0417. The highest BCUT2D eigenvalue weighted by Crippen LogP contribution is 2.39. The van der Waals surface area contributed by atoms with E-state index in [9.17, 15) is 0 Å². The zero-order chi connectivity index (χ0) is 33.6. The van der Waals surface area contributed by atoms with Crippen molar-refractivity contribution in [1.29, 1.82) is 0 Å². The Balaban J connectivity index is 1.23. The molecule has 7 aromatic carbocycles. The maximum Gasteiger partial charge on any atom is 0.0535 e. The van der Waals surface area contributed by atoms with Crippen LogP contribution in [0.25, 0.3) is 77.9 Å². The second-order valence-corrected chi connectivity index (χ2v) is 13.1. The van der Waals surface area contributed by atoms with Crippen LogP contribution in [0, 0.1) is 13.8 Å². The number of hydrogen-bond acceptors (Lipinski definition) is 0. The number of aryl methyl sites for hydroxylation is 2. The Hall–Kier alpha value is -6.38. The average molecular weight is 641 g/mol. The molecule has 0 aliphatic carbocycles. The van der Waals surface area contributed by atoms with Crippen LogP contribution in [0.15, 0.2) is 182 Å². The first-order chi connectivity index (χ1) is 24.6. The maximum atomic E-state index is 2.45. The van der Waals surface area contributed by atoms with E-state index in [2.05, 4.69) is 205 Å². The van der Waals surface area contributed by atoms with Gasteiger partial charge in [0, 0.05) is 11.4 Å². The molecule has 9 rings (SSSR count). The molecular weight excluding hydrogens is 605 g/mol. The summed E-state index contributed by atoms with van der Waals surface area (Å²) in [5.41, 5.74) is 14.4. The third-order valence-electron chi connectivity index (χ3n) is 10.1. The van der Waals surface area contributed by atoms with Gasteiger partial charge in [0.25, 0.3) is 0 Å². The van der Waals surface area contributed by atoms with Crippen molar-refractivity contribution in [3.05, 3.63) is 193 Å².